The van der Waals surface area contributed by atoms with Gasteiger partial charge in [-0.05, 0) is 42.7 Å². The summed E-state index contributed by atoms with van der Waals surface area (Å²) in [5.41, 5.74) is 0.887. The summed E-state index contributed by atoms with van der Waals surface area (Å²) in [4.78, 5) is 26.6. The molecule has 1 amide bonds. The van der Waals surface area contributed by atoms with Crippen LogP contribution in [0.1, 0.15) is 11.1 Å². The van der Waals surface area contributed by atoms with E-state index in [0.29, 0.717) is 18.7 Å². The Balaban J connectivity index is 1.50. The minimum atomic E-state index is -1.04. The first-order chi connectivity index (χ1) is 13.5. The molecule has 0 aromatic heterocycles. The highest BCUT2D eigenvalue weighted by Crippen LogP contribution is 2.44. The smallest absolute Gasteiger partial charge is 0.312 e. The number of aryl methyl sites for hydroxylation is 1. The molecule has 1 fully saturated rings. The highest BCUT2D eigenvalue weighted by atomic mass is 16.5. The van der Waals surface area contributed by atoms with E-state index in [9.17, 15) is 14.7 Å². The van der Waals surface area contributed by atoms with Crippen molar-refractivity contribution >= 4 is 11.9 Å². The molecule has 0 spiro atoms. The van der Waals surface area contributed by atoms with Crippen LogP contribution in [0.4, 0.5) is 0 Å². The van der Waals surface area contributed by atoms with Crippen LogP contribution in [0.5, 0.6) is 11.5 Å². The predicted octanol–water partition coefficient (Wildman–Crippen LogP) is 2.54. The zero-order valence-electron chi connectivity index (χ0n) is 15.8. The van der Waals surface area contributed by atoms with Gasteiger partial charge in [-0.3, -0.25) is 9.59 Å². The first-order valence-electron chi connectivity index (χ1n) is 9.39. The van der Waals surface area contributed by atoms with Crippen molar-refractivity contribution in [3.05, 3.63) is 59.7 Å². The van der Waals surface area contributed by atoms with Crippen molar-refractivity contribution in [2.75, 3.05) is 26.3 Å². The maximum Gasteiger partial charge on any atom is 0.312 e. The van der Waals surface area contributed by atoms with E-state index >= 15 is 0 Å². The van der Waals surface area contributed by atoms with Gasteiger partial charge in [-0.1, -0.05) is 30.3 Å². The van der Waals surface area contributed by atoms with Gasteiger partial charge in [0.15, 0.2) is 6.61 Å². The van der Waals surface area contributed by atoms with Gasteiger partial charge in [0.05, 0.1) is 12.0 Å². The Morgan fingerprint density at radius 2 is 2.07 bits per heavy atom. The summed E-state index contributed by atoms with van der Waals surface area (Å²) in [6.07, 6.45) is 0.353. The summed E-state index contributed by atoms with van der Waals surface area (Å²) in [5, 5.41) is 10.1. The fourth-order valence-corrected chi connectivity index (χ4v) is 4.16. The monoisotopic (exact) mass is 381 g/mol. The molecule has 2 aliphatic rings. The Morgan fingerprint density at radius 3 is 2.86 bits per heavy atom. The number of likely N-dealkylation sites (tertiary alicyclic amines) is 1. The number of aliphatic carboxylic acids is 1. The number of carboxylic acids is 1. The highest BCUT2D eigenvalue weighted by Gasteiger charge is 2.55. The summed E-state index contributed by atoms with van der Waals surface area (Å²) >= 11 is 0. The van der Waals surface area contributed by atoms with Crippen LogP contribution in [0, 0.1) is 18.3 Å². The van der Waals surface area contributed by atoms with Crippen LogP contribution >= 0.6 is 0 Å². The molecule has 2 atom stereocenters. The van der Waals surface area contributed by atoms with Crippen LogP contribution in [0.2, 0.25) is 0 Å². The summed E-state index contributed by atoms with van der Waals surface area (Å²) < 4.78 is 11.5. The normalized spacial score (nSPS) is 23.2. The summed E-state index contributed by atoms with van der Waals surface area (Å²) in [6, 6.07) is 15.0. The van der Waals surface area contributed by atoms with Crippen LogP contribution in [-0.4, -0.2) is 48.2 Å². The lowest BCUT2D eigenvalue weighted by molar-refractivity contribution is -0.151. The molecule has 146 valence electrons. The van der Waals surface area contributed by atoms with Crippen molar-refractivity contribution in [3.63, 3.8) is 0 Å². The minimum absolute atomic E-state index is 0.108. The number of para-hydroxylation sites is 1. The molecule has 1 N–H and O–H groups in total. The maximum absolute atomic E-state index is 12.7. The largest absolute Gasteiger partial charge is 0.493 e. The third-order valence-corrected chi connectivity index (χ3v) is 5.74. The Kier molecular flexibility index (Phi) is 4.71. The SMILES string of the molecule is Cc1cccc(OCC(=O)N2C[C@H]3COc4ccccc4C[C@@]3(C(=O)O)C2)c1. The number of hydrogen-bond acceptors (Lipinski definition) is 4. The Hall–Kier alpha value is -3.02. The molecule has 6 heteroatoms. The first kappa shape index (κ1) is 18.3. The van der Waals surface area contributed by atoms with Gasteiger partial charge in [-0.2, -0.15) is 0 Å². The number of amides is 1. The topological polar surface area (TPSA) is 76.1 Å². The van der Waals surface area contributed by atoms with Crippen LogP contribution in [0.3, 0.4) is 0 Å². The van der Waals surface area contributed by atoms with Gasteiger partial charge in [0, 0.05) is 19.0 Å². The van der Waals surface area contributed by atoms with Gasteiger partial charge in [0.2, 0.25) is 0 Å². The van der Waals surface area contributed by atoms with Gasteiger partial charge in [-0.15, -0.1) is 0 Å². The third-order valence-electron chi connectivity index (χ3n) is 5.74. The highest BCUT2D eigenvalue weighted by molar-refractivity contribution is 5.82. The molecule has 2 aromatic rings. The second-order valence-electron chi connectivity index (χ2n) is 7.63. The van der Waals surface area contributed by atoms with E-state index in [-0.39, 0.29) is 31.6 Å². The van der Waals surface area contributed by atoms with Crippen LogP contribution in [0.25, 0.3) is 0 Å². The molecule has 0 bridgehead atoms. The lowest BCUT2D eigenvalue weighted by Gasteiger charge is -2.27. The molecule has 6 nitrogen and oxygen atoms in total. The molecule has 2 heterocycles. The van der Waals surface area contributed by atoms with Crippen molar-refractivity contribution in [3.8, 4) is 11.5 Å². The quantitative estimate of drug-likeness (QED) is 0.881. The average molecular weight is 381 g/mol. The maximum atomic E-state index is 12.7. The first-order valence-corrected chi connectivity index (χ1v) is 9.39. The van der Waals surface area contributed by atoms with Gasteiger partial charge >= 0.3 is 5.97 Å². The van der Waals surface area contributed by atoms with E-state index in [1.165, 1.54) is 0 Å². The number of benzene rings is 2. The Bertz CT molecular complexity index is 911. The fraction of sp³-hybridized carbons (Fsp3) is 0.364. The molecule has 1 saturated heterocycles. The van der Waals surface area contributed by atoms with Gasteiger partial charge in [0.25, 0.3) is 5.91 Å². The van der Waals surface area contributed by atoms with Gasteiger partial charge in [0.1, 0.15) is 11.5 Å². The van der Waals surface area contributed by atoms with Crippen molar-refractivity contribution in [2.45, 2.75) is 13.3 Å². The van der Waals surface area contributed by atoms with E-state index in [1.54, 1.807) is 11.0 Å². The Morgan fingerprint density at radius 1 is 1.25 bits per heavy atom. The molecular formula is C22H23NO5. The molecule has 4 rings (SSSR count). The van der Waals surface area contributed by atoms with Gasteiger partial charge < -0.3 is 19.5 Å². The number of rotatable bonds is 4. The van der Waals surface area contributed by atoms with Crippen LogP contribution in [0.15, 0.2) is 48.5 Å². The van der Waals surface area contributed by atoms with Crippen molar-refractivity contribution in [1.82, 2.24) is 4.90 Å². The minimum Gasteiger partial charge on any atom is -0.493 e. The van der Waals surface area contributed by atoms with Crippen LogP contribution < -0.4 is 9.47 Å². The number of ether oxygens (including phenoxy) is 2. The molecule has 2 aliphatic heterocycles. The van der Waals surface area contributed by atoms with Crippen LogP contribution in [-0.2, 0) is 16.0 Å². The van der Waals surface area contributed by atoms with Crippen molar-refractivity contribution < 1.29 is 24.2 Å². The van der Waals surface area contributed by atoms with E-state index in [1.807, 2.05) is 49.4 Å². The van der Waals surface area contributed by atoms with Gasteiger partial charge in [-0.25, -0.2) is 0 Å². The number of hydrogen-bond donors (Lipinski definition) is 1. The zero-order chi connectivity index (χ0) is 19.7. The van der Waals surface area contributed by atoms with E-state index in [2.05, 4.69) is 0 Å². The standard InChI is InChI=1S/C22H23NO5/c1-15-5-4-7-18(9-15)27-13-20(24)23-11-17-12-28-19-8-3-2-6-16(19)10-22(17,14-23)21(25)26/h2-9,17H,10-14H2,1H3,(H,25,26)/t17-,22+/m0/s1. The summed E-state index contributed by atoms with van der Waals surface area (Å²) in [7, 11) is 0. The molecule has 0 unspecified atom stereocenters. The second-order valence-corrected chi connectivity index (χ2v) is 7.63. The lowest BCUT2D eigenvalue weighted by Crippen LogP contribution is -2.42. The molecule has 0 radical (unpaired) electrons. The number of carboxylic acid groups (broad SMARTS) is 1. The van der Waals surface area contributed by atoms with Crippen molar-refractivity contribution in [2.24, 2.45) is 11.3 Å². The van der Waals surface area contributed by atoms with E-state index in [0.717, 1.165) is 16.9 Å². The zero-order valence-corrected chi connectivity index (χ0v) is 15.8. The molecule has 0 aliphatic carbocycles. The fourth-order valence-electron chi connectivity index (χ4n) is 4.16. The predicted molar refractivity (Wildman–Crippen MR) is 102 cm³/mol. The Labute approximate surface area is 163 Å². The molecular weight excluding hydrogens is 358 g/mol. The molecule has 2 aromatic carbocycles. The second kappa shape index (κ2) is 7.19. The number of carbonyl (C=O) groups excluding carboxylic acids is 1. The number of nitrogens with zero attached hydrogens (tertiary/aromatic N) is 1. The number of carbonyl (C=O) groups is 2. The van der Waals surface area contributed by atoms with E-state index < -0.39 is 11.4 Å². The average Bonchev–Trinajstić information content (AvgIpc) is 2.97. The third kappa shape index (κ3) is 3.30. The molecule has 28 heavy (non-hydrogen) atoms. The molecule has 0 saturated carbocycles. The summed E-state index contributed by atoms with van der Waals surface area (Å²) in [6.45, 7) is 2.66. The summed E-state index contributed by atoms with van der Waals surface area (Å²) in [5.74, 6) is 0.0154. The van der Waals surface area contributed by atoms with E-state index in [4.69, 9.17) is 9.47 Å². The lowest BCUT2D eigenvalue weighted by atomic mass is 9.74. The number of fused-ring (bicyclic) bond motifs is 2. The van der Waals surface area contributed by atoms with Crippen molar-refractivity contribution in [1.29, 1.82) is 0 Å².